The summed E-state index contributed by atoms with van der Waals surface area (Å²) in [5.74, 6) is 0.282. The van der Waals surface area contributed by atoms with Gasteiger partial charge in [-0.2, -0.15) is 0 Å². The van der Waals surface area contributed by atoms with Crippen LogP contribution in [0.2, 0.25) is 0 Å². The smallest absolute Gasteiger partial charge is 0.254 e. The molecule has 0 radical (unpaired) electrons. The van der Waals surface area contributed by atoms with Gasteiger partial charge < -0.3 is 20.4 Å². The van der Waals surface area contributed by atoms with E-state index in [9.17, 15) is 9.59 Å². The lowest BCUT2D eigenvalue weighted by molar-refractivity contribution is -0.129. The van der Waals surface area contributed by atoms with Gasteiger partial charge in [0.1, 0.15) is 0 Å². The molecule has 0 spiro atoms. The van der Waals surface area contributed by atoms with Crippen LogP contribution in [-0.2, 0) is 11.3 Å². The largest absolute Gasteiger partial charge is 0.381 e. The van der Waals surface area contributed by atoms with E-state index in [0.717, 1.165) is 62.4 Å². The summed E-state index contributed by atoms with van der Waals surface area (Å²) >= 11 is 0. The number of anilines is 1. The van der Waals surface area contributed by atoms with Crippen LogP contribution in [0.3, 0.4) is 0 Å². The van der Waals surface area contributed by atoms with E-state index in [1.807, 2.05) is 15.9 Å². The van der Waals surface area contributed by atoms with Crippen LogP contribution in [0, 0.1) is 0 Å². The number of nitrogens with one attached hydrogen (secondary N) is 2. The second kappa shape index (κ2) is 6.09. The number of hydrogen-bond donors (Lipinski definition) is 2. The third-order valence-electron chi connectivity index (χ3n) is 5.38. The van der Waals surface area contributed by atoms with Gasteiger partial charge in [0, 0.05) is 56.9 Å². The van der Waals surface area contributed by atoms with Crippen molar-refractivity contribution in [3.05, 3.63) is 29.3 Å². The highest BCUT2D eigenvalue weighted by Crippen LogP contribution is 2.29. The zero-order valence-corrected chi connectivity index (χ0v) is 14.0. The first-order valence-electron chi connectivity index (χ1n) is 8.78. The Kier molecular flexibility index (Phi) is 3.92. The zero-order chi connectivity index (χ0) is 16.7. The maximum atomic E-state index is 12.6. The highest BCUT2D eigenvalue weighted by Gasteiger charge is 2.35. The molecular weight excluding hydrogens is 304 g/mol. The Hall–Kier alpha value is -2.08. The van der Waals surface area contributed by atoms with Crippen molar-refractivity contribution in [3.8, 4) is 0 Å². The lowest BCUT2D eigenvalue weighted by Gasteiger charge is -2.35. The van der Waals surface area contributed by atoms with Crippen molar-refractivity contribution < 1.29 is 9.59 Å². The van der Waals surface area contributed by atoms with E-state index >= 15 is 0 Å². The standard InChI is InChI=1S/C18H24N4O2/c1-12(23)21-6-2-3-15(11-21)20-14-5-4-13-10-22(16-8-19-9-16)18(24)17(13)7-14/h4-5,7,15-16,19-20H,2-3,6,8-11H2,1H3. The van der Waals surface area contributed by atoms with Crippen LogP contribution in [0.15, 0.2) is 18.2 Å². The van der Waals surface area contributed by atoms with E-state index in [0.29, 0.717) is 6.04 Å². The Bertz CT molecular complexity index is 671. The van der Waals surface area contributed by atoms with Crippen molar-refractivity contribution in [2.75, 3.05) is 31.5 Å². The van der Waals surface area contributed by atoms with Crippen LogP contribution in [0.4, 0.5) is 5.69 Å². The maximum absolute atomic E-state index is 12.6. The molecule has 0 aliphatic carbocycles. The molecule has 0 saturated carbocycles. The van der Waals surface area contributed by atoms with Crippen molar-refractivity contribution in [1.29, 1.82) is 0 Å². The number of rotatable bonds is 3. The predicted molar refractivity (Wildman–Crippen MR) is 91.9 cm³/mol. The van der Waals surface area contributed by atoms with Crippen molar-refractivity contribution >= 4 is 17.5 Å². The molecule has 3 aliphatic rings. The summed E-state index contributed by atoms with van der Waals surface area (Å²) in [4.78, 5) is 28.1. The van der Waals surface area contributed by atoms with E-state index in [-0.39, 0.29) is 17.9 Å². The van der Waals surface area contributed by atoms with Gasteiger partial charge in [-0.05, 0) is 30.5 Å². The highest BCUT2D eigenvalue weighted by atomic mass is 16.2. The molecule has 128 valence electrons. The van der Waals surface area contributed by atoms with Gasteiger partial charge in [-0.15, -0.1) is 0 Å². The number of fused-ring (bicyclic) bond motifs is 1. The van der Waals surface area contributed by atoms with Crippen molar-refractivity contribution in [3.63, 3.8) is 0 Å². The van der Waals surface area contributed by atoms with Crippen molar-refractivity contribution in [2.24, 2.45) is 0 Å². The Morgan fingerprint density at radius 2 is 2.17 bits per heavy atom. The zero-order valence-electron chi connectivity index (χ0n) is 14.0. The molecule has 4 rings (SSSR count). The number of carbonyl (C=O) groups excluding carboxylic acids is 2. The van der Waals surface area contributed by atoms with Crippen LogP contribution in [0.5, 0.6) is 0 Å². The Morgan fingerprint density at radius 3 is 2.88 bits per heavy atom. The lowest BCUT2D eigenvalue weighted by atomic mass is 10.0. The van der Waals surface area contributed by atoms with E-state index < -0.39 is 0 Å². The molecule has 24 heavy (non-hydrogen) atoms. The molecule has 2 N–H and O–H groups in total. The van der Waals surface area contributed by atoms with E-state index in [1.165, 1.54) is 0 Å². The minimum absolute atomic E-state index is 0.135. The van der Waals surface area contributed by atoms with Crippen molar-refractivity contribution in [2.45, 2.75) is 38.4 Å². The van der Waals surface area contributed by atoms with Crippen LogP contribution < -0.4 is 10.6 Å². The van der Waals surface area contributed by atoms with Gasteiger partial charge in [-0.3, -0.25) is 9.59 Å². The minimum atomic E-state index is 0.135. The maximum Gasteiger partial charge on any atom is 0.254 e. The fourth-order valence-electron chi connectivity index (χ4n) is 3.82. The Morgan fingerprint density at radius 1 is 1.33 bits per heavy atom. The number of amides is 2. The summed E-state index contributed by atoms with van der Waals surface area (Å²) in [5.41, 5.74) is 2.92. The molecule has 1 aromatic carbocycles. The molecule has 1 atom stereocenters. The Labute approximate surface area is 142 Å². The van der Waals surface area contributed by atoms with E-state index in [4.69, 9.17) is 0 Å². The van der Waals surface area contributed by atoms with Gasteiger partial charge in [0.05, 0.1) is 6.04 Å². The fraction of sp³-hybridized carbons (Fsp3) is 0.556. The number of nitrogens with zero attached hydrogens (tertiary/aromatic N) is 2. The molecule has 3 heterocycles. The number of benzene rings is 1. The first-order chi connectivity index (χ1) is 11.6. The number of likely N-dealkylation sites (tertiary alicyclic amines) is 1. The normalized spacial score (nSPS) is 23.9. The van der Waals surface area contributed by atoms with E-state index in [2.05, 4.69) is 22.8 Å². The molecule has 6 nitrogen and oxygen atoms in total. The Balaban J connectivity index is 1.46. The molecule has 6 heteroatoms. The van der Waals surface area contributed by atoms with E-state index in [1.54, 1.807) is 6.92 Å². The summed E-state index contributed by atoms with van der Waals surface area (Å²) in [5, 5.41) is 6.74. The van der Waals surface area contributed by atoms with Crippen LogP contribution in [-0.4, -0.2) is 59.9 Å². The van der Waals surface area contributed by atoms with Gasteiger partial charge in [0.25, 0.3) is 5.91 Å². The van der Waals surface area contributed by atoms with Crippen LogP contribution in [0.25, 0.3) is 0 Å². The number of piperidine rings is 1. The second-order valence-electron chi connectivity index (χ2n) is 7.07. The predicted octanol–water partition coefficient (Wildman–Crippen LogP) is 1.04. The van der Waals surface area contributed by atoms with Gasteiger partial charge in [-0.25, -0.2) is 0 Å². The summed E-state index contributed by atoms with van der Waals surface area (Å²) in [6.07, 6.45) is 2.07. The number of hydrogen-bond acceptors (Lipinski definition) is 4. The molecule has 1 aromatic rings. The first-order valence-corrected chi connectivity index (χ1v) is 8.78. The third-order valence-corrected chi connectivity index (χ3v) is 5.38. The molecular formula is C18H24N4O2. The lowest BCUT2D eigenvalue weighted by Crippen LogP contribution is -2.57. The van der Waals surface area contributed by atoms with Gasteiger partial charge in [-0.1, -0.05) is 6.07 Å². The summed E-state index contributed by atoms with van der Waals surface area (Å²) in [6, 6.07) is 6.69. The minimum Gasteiger partial charge on any atom is -0.381 e. The molecule has 0 aromatic heterocycles. The first kappa shape index (κ1) is 15.4. The quantitative estimate of drug-likeness (QED) is 0.870. The highest BCUT2D eigenvalue weighted by molar-refractivity contribution is 5.99. The second-order valence-corrected chi connectivity index (χ2v) is 7.07. The molecule has 2 amide bonds. The number of carbonyl (C=O) groups is 2. The van der Waals surface area contributed by atoms with Gasteiger partial charge in [0.15, 0.2) is 0 Å². The summed E-state index contributed by atoms with van der Waals surface area (Å²) in [6.45, 7) is 5.73. The summed E-state index contributed by atoms with van der Waals surface area (Å²) in [7, 11) is 0. The topological polar surface area (TPSA) is 64.7 Å². The van der Waals surface area contributed by atoms with Gasteiger partial charge >= 0.3 is 0 Å². The van der Waals surface area contributed by atoms with Gasteiger partial charge in [0.2, 0.25) is 5.91 Å². The average molecular weight is 328 g/mol. The summed E-state index contributed by atoms with van der Waals surface area (Å²) < 4.78 is 0. The van der Waals surface area contributed by atoms with Crippen LogP contribution in [0.1, 0.15) is 35.7 Å². The monoisotopic (exact) mass is 328 g/mol. The molecule has 3 aliphatic heterocycles. The molecule has 0 bridgehead atoms. The fourth-order valence-corrected chi connectivity index (χ4v) is 3.82. The van der Waals surface area contributed by atoms with Crippen molar-refractivity contribution in [1.82, 2.24) is 15.1 Å². The molecule has 2 fully saturated rings. The SMILES string of the molecule is CC(=O)N1CCCC(Nc2ccc3c(c2)C(=O)N(C2CNC2)C3)C1. The molecule has 2 saturated heterocycles. The third kappa shape index (κ3) is 2.75. The van der Waals surface area contributed by atoms with Crippen LogP contribution >= 0.6 is 0 Å². The average Bonchev–Trinajstić information content (AvgIpc) is 2.83. The molecule has 1 unspecified atom stereocenters.